The Kier molecular flexibility index (Phi) is 17.3. The van der Waals surface area contributed by atoms with Gasteiger partial charge in [-0.15, -0.1) is 16.9 Å². The van der Waals surface area contributed by atoms with Crippen LogP contribution in [0.25, 0.3) is 0 Å². The molecule has 8 bridgehead atoms. The van der Waals surface area contributed by atoms with E-state index < -0.39 is 62.4 Å². The lowest BCUT2D eigenvalue weighted by molar-refractivity contribution is -0.128. The molecular formula is C41H69N9O16S2. The lowest BCUT2D eigenvalue weighted by Gasteiger charge is -2.40. The Morgan fingerprint density at radius 3 is 1.31 bits per heavy atom. The molecule has 0 aromatic rings. The molecule has 4 N–H and O–H groups in total. The number of carbonyl (C=O) groups is 6. The van der Waals surface area contributed by atoms with Gasteiger partial charge in [0, 0.05) is 51.4 Å². The first-order valence-corrected chi connectivity index (χ1v) is 25.3. The van der Waals surface area contributed by atoms with Crippen LogP contribution in [0.1, 0.15) is 92.9 Å². The highest BCUT2D eigenvalue weighted by Crippen LogP contribution is 2.40. The van der Waals surface area contributed by atoms with E-state index in [0.717, 1.165) is 30.7 Å². The van der Waals surface area contributed by atoms with Crippen molar-refractivity contribution in [3.8, 4) is 0 Å². The third-order valence-corrected chi connectivity index (χ3v) is 13.4. The predicted octanol–water partition coefficient (Wildman–Crippen LogP) is 1.33. The highest BCUT2D eigenvalue weighted by molar-refractivity contribution is 7.80. The average molecular weight is 1010 g/mol. The van der Waals surface area contributed by atoms with E-state index in [1.54, 1.807) is 9.80 Å². The first-order valence-electron chi connectivity index (χ1n) is 22.9. The molecule has 6 saturated heterocycles. The number of ether oxygens (including phenoxy) is 2. The van der Waals surface area contributed by atoms with Gasteiger partial charge in [0.05, 0.1) is 12.1 Å². The van der Waals surface area contributed by atoms with E-state index in [-0.39, 0.29) is 72.3 Å². The van der Waals surface area contributed by atoms with Crippen LogP contribution in [0, 0.1) is 23.7 Å². The minimum Gasteiger partial charge on any atom is -0.444 e. The van der Waals surface area contributed by atoms with Gasteiger partial charge in [-0.3, -0.25) is 19.3 Å². The normalized spacial score (nSPS) is 30.4. The number of fused-ring (bicyclic) bond motifs is 8. The van der Waals surface area contributed by atoms with Crippen LogP contribution in [0.4, 0.5) is 19.2 Å². The number of nitrogens with zero attached hydrogens (tertiary/aromatic N) is 7. The van der Waals surface area contributed by atoms with Gasteiger partial charge in [0.1, 0.15) is 23.3 Å². The van der Waals surface area contributed by atoms with Gasteiger partial charge in [-0.2, -0.15) is 13.5 Å². The molecular weight excluding hydrogens is 939 g/mol. The summed E-state index contributed by atoms with van der Waals surface area (Å²) in [5, 5.41) is 17.4. The van der Waals surface area contributed by atoms with Gasteiger partial charge in [-0.05, 0) is 138 Å². The summed E-state index contributed by atoms with van der Waals surface area (Å²) >= 11 is 0. The Balaban J connectivity index is 0.000000221. The number of hydroxylamine groups is 4. The van der Waals surface area contributed by atoms with Crippen LogP contribution in [0.15, 0.2) is 0 Å². The van der Waals surface area contributed by atoms with E-state index in [2.05, 4.69) is 14.9 Å². The van der Waals surface area contributed by atoms with Crippen LogP contribution in [-0.4, -0.2) is 209 Å². The van der Waals surface area contributed by atoms with Crippen LogP contribution < -0.4 is 10.6 Å². The molecule has 2 saturated carbocycles. The summed E-state index contributed by atoms with van der Waals surface area (Å²) in [6.07, 6.45) is 4.99. The molecule has 8 atom stereocenters. The van der Waals surface area contributed by atoms with Crippen molar-refractivity contribution in [3.05, 3.63) is 0 Å². The van der Waals surface area contributed by atoms with E-state index in [4.69, 9.17) is 26.7 Å². The summed E-state index contributed by atoms with van der Waals surface area (Å²) in [4.78, 5) is 83.8. The quantitative estimate of drug-likeness (QED) is 0.216. The minimum absolute atomic E-state index is 0.0202. The third kappa shape index (κ3) is 14.0. The Hall–Kier alpha value is -4.57. The number of carbonyl (C=O) groups excluding carboxylic acids is 6. The molecule has 25 nitrogen and oxygen atoms in total. The van der Waals surface area contributed by atoms with E-state index >= 15 is 0 Å². The maximum Gasteiger partial charge on any atom is 0.425 e. The Labute approximate surface area is 399 Å². The number of hydrogen-bond acceptors (Lipinski definition) is 16. The second-order valence-corrected chi connectivity index (χ2v) is 22.5. The number of piperidine rings is 4. The van der Waals surface area contributed by atoms with Crippen molar-refractivity contribution in [3.63, 3.8) is 0 Å². The first kappa shape index (κ1) is 54.4. The van der Waals surface area contributed by atoms with Gasteiger partial charge in [-0.25, -0.2) is 24.2 Å². The highest BCUT2D eigenvalue weighted by atomic mass is 32.3. The average Bonchev–Trinajstić information content (AvgIpc) is 3.74. The van der Waals surface area contributed by atoms with Crippen molar-refractivity contribution in [2.45, 2.75) is 140 Å². The van der Waals surface area contributed by atoms with E-state index in [0.29, 0.717) is 63.5 Å². The molecule has 8 aliphatic rings. The number of nitrogens with one attached hydrogen (secondary N) is 2. The summed E-state index contributed by atoms with van der Waals surface area (Å²) in [6, 6.07) is -3.32. The molecule has 4 unspecified atom stereocenters. The van der Waals surface area contributed by atoms with Gasteiger partial charge in [0.2, 0.25) is 11.8 Å². The third-order valence-electron chi connectivity index (χ3n) is 13.0. The second-order valence-electron chi connectivity index (χ2n) is 21.1. The summed E-state index contributed by atoms with van der Waals surface area (Å²) < 4.78 is 71.7. The Morgan fingerprint density at radius 1 is 0.618 bits per heavy atom. The van der Waals surface area contributed by atoms with Gasteiger partial charge < -0.3 is 44.6 Å². The van der Waals surface area contributed by atoms with Crippen molar-refractivity contribution in [2.24, 2.45) is 23.7 Å². The molecule has 8 amide bonds. The van der Waals surface area contributed by atoms with Crippen molar-refractivity contribution in [1.29, 1.82) is 0 Å². The van der Waals surface area contributed by atoms with Crippen LogP contribution in [-0.2, 0) is 44.4 Å². The zero-order valence-corrected chi connectivity index (χ0v) is 41.9. The maximum absolute atomic E-state index is 13.1. The van der Waals surface area contributed by atoms with Crippen LogP contribution in [0.2, 0.25) is 0 Å². The molecule has 8 fully saturated rings. The molecule has 386 valence electrons. The standard InChI is InChI=1S/C19H30N4O8S.C19H30N4O5.C3H9N.O3S/c1-19(2,3)30-18(26)21-8-11-4-5-12(9-21)15(11)20-16(24)14-7-6-13-10-22(14)17(25)23(13)31-32(27,28)29;1-19(2,3)28-18(26)21-8-11-4-5-12(9-21)15(11)20-16(24)14-7-6-13-10-22(14)17(25)23(13)27;2*1-4(2)3/h11-15H,4-10H2,1-3H3,(H,20,24)(H,27,28,29);11-15,27H,4-10H2,1-3H3,(H,20,24);1-3H3;/t2*11?,12?,13-,14+,15?;;/m11../s1. The summed E-state index contributed by atoms with van der Waals surface area (Å²) in [5.41, 5.74) is -1.10. The maximum atomic E-state index is 13.1. The van der Waals surface area contributed by atoms with Gasteiger partial charge >= 0.3 is 45.3 Å². The van der Waals surface area contributed by atoms with Gasteiger partial charge in [0.25, 0.3) is 0 Å². The van der Waals surface area contributed by atoms with Gasteiger partial charge in [0.15, 0.2) is 0 Å². The topological polar surface area (TPSA) is 303 Å². The van der Waals surface area contributed by atoms with Crippen LogP contribution in [0.3, 0.4) is 0 Å². The van der Waals surface area contributed by atoms with Crippen molar-refractivity contribution in [1.82, 2.24) is 45.3 Å². The number of urea groups is 2. The number of rotatable bonds is 6. The molecule has 8 rings (SSSR count). The van der Waals surface area contributed by atoms with E-state index in [1.165, 1.54) is 9.80 Å². The van der Waals surface area contributed by atoms with Gasteiger partial charge in [-0.1, -0.05) is 0 Å². The fourth-order valence-electron chi connectivity index (χ4n) is 10.4. The smallest absolute Gasteiger partial charge is 0.425 e. The molecule has 0 aromatic carbocycles. The van der Waals surface area contributed by atoms with Crippen LogP contribution >= 0.6 is 0 Å². The number of amides is 8. The lowest BCUT2D eigenvalue weighted by atomic mass is 9.91. The SMILES string of the molecule is CC(C)(C)OC(=O)N1CC2CCC(C1)C2NC(=O)[C@@H]1CC[C@@H]2CN1C(=O)N2O.CC(C)(C)OC(=O)N1CC2CCC(C1)C2NC(=O)[C@@H]1CC[C@@H]2CN1C(=O)N2OS(=O)(=O)O.CN(C)C.O=S(=O)=O. The molecule has 2 aliphatic carbocycles. The molecule has 27 heteroatoms. The summed E-state index contributed by atoms with van der Waals surface area (Å²) in [7, 11) is -1.95. The van der Waals surface area contributed by atoms with E-state index in [9.17, 15) is 42.4 Å². The molecule has 0 spiro atoms. The van der Waals surface area contributed by atoms with Crippen molar-refractivity contribution >= 4 is 57.1 Å². The fraction of sp³-hybridized carbons (Fsp3) is 0.854. The number of likely N-dealkylation sites (tertiary alicyclic amines) is 2. The zero-order valence-electron chi connectivity index (χ0n) is 40.2. The molecule has 6 heterocycles. The molecule has 0 aromatic heterocycles. The summed E-state index contributed by atoms with van der Waals surface area (Å²) in [6.45, 7) is 13.7. The zero-order chi connectivity index (χ0) is 50.8. The molecule has 6 aliphatic heterocycles. The predicted molar refractivity (Wildman–Crippen MR) is 237 cm³/mol. The Bertz CT molecular complexity index is 2080. The Morgan fingerprint density at radius 2 is 0.956 bits per heavy atom. The largest absolute Gasteiger partial charge is 0.444 e. The van der Waals surface area contributed by atoms with Crippen molar-refractivity contribution < 1.29 is 73.3 Å². The van der Waals surface area contributed by atoms with E-state index in [1.807, 2.05) is 67.6 Å². The molecule has 68 heavy (non-hydrogen) atoms. The summed E-state index contributed by atoms with van der Waals surface area (Å²) in [5.74, 6) is 0.184. The second kappa shape index (κ2) is 21.6. The number of hydrogen-bond donors (Lipinski definition) is 4. The van der Waals surface area contributed by atoms with Crippen LogP contribution in [0.5, 0.6) is 0 Å². The molecule has 0 radical (unpaired) electrons. The monoisotopic (exact) mass is 1010 g/mol. The minimum atomic E-state index is -4.83. The highest BCUT2D eigenvalue weighted by Gasteiger charge is 2.52. The fourth-order valence-corrected chi connectivity index (χ4v) is 10.8. The lowest BCUT2D eigenvalue weighted by Crippen LogP contribution is -2.58. The van der Waals surface area contributed by atoms with Crippen molar-refractivity contribution in [2.75, 3.05) is 60.4 Å². The first-order chi connectivity index (χ1) is 31.4.